The first kappa shape index (κ1) is 32.0. The number of aromatic nitrogens is 1. The number of aliphatic hydroxyl groups is 1. The van der Waals surface area contributed by atoms with Crippen LogP contribution in [0.2, 0.25) is 0 Å². The zero-order valence-corrected chi connectivity index (χ0v) is 25.9. The van der Waals surface area contributed by atoms with Crippen molar-refractivity contribution in [3.05, 3.63) is 72.6 Å². The molecule has 234 valence electrons. The largest absolute Gasteiger partial charge is 0.491 e. The molecule has 3 heterocycles. The SMILES string of the molecule is CNS(=O)(=O)c1cccc(OCC(O)CNC2COC3(CCN(S(=O)(=O)c4cccc(-c5cncc(C#N)c5)c4)CC3)C2)c1. The molecule has 0 radical (unpaired) electrons. The number of hydrogen-bond donors (Lipinski definition) is 3. The average molecular weight is 642 g/mol. The summed E-state index contributed by atoms with van der Waals surface area (Å²) in [5.41, 5.74) is 1.30. The van der Waals surface area contributed by atoms with Gasteiger partial charge in [-0.2, -0.15) is 9.57 Å². The Bertz CT molecular complexity index is 1740. The van der Waals surface area contributed by atoms with Crippen molar-refractivity contribution in [1.29, 1.82) is 5.26 Å². The third-order valence-electron chi connectivity index (χ3n) is 7.98. The van der Waals surface area contributed by atoms with Gasteiger partial charge in [0.2, 0.25) is 20.0 Å². The quantitative estimate of drug-likeness (QED) is 0.281. The zero-order chi connectivity index (χ0) is 31.4. The van der Waals surface area contributed by atoms with E-state index in [1.54, 1.807) is 48.7 Å². The number of nitrogens with zero attached hydrogens (tertiary/aromatic N) is 3. The number of hydrogen-bond acceptors (Lipinski definition) is 10. The molecule has 2 unspecified atom stereocenters. The summed E-state index contributed by atoms with van der Waals surface area (Å²) in [4.78, 5) is 4.34. The Morgan fingerprint density at radius 2 is 1.84 bits per heavy atom. The Balaban J connectivity index is 1.11. The Hall–Kier alpha value is -3.42. The predicted molar refractivity (Wildman–Crippen MR) is 162 cm³/mol. The van der Waals surface area contributed by atoms with Crippen molar-refractivity contribution in [1.82, 2.24) is 19.3 Å². The molecule has 5 rings (SSSR count). The fourth-order valence-electron chi connectivity index (χ4n) is 5.51. The third-order valence-corrected chi connectivity index (χ3v) is 11.3. The molecule has 2 fully saturated rings. The molecular weight excluding hydrogens is 606 g/mol. The first-order valence-corrected chi connectivity index (χ1v) is 17.1. The van der Waals surface area contributed by atoms with E-state index in [9.17, 15) is 27.2 Å². The van der Waals surface area contributed by atoms with E-state index in [0.29, 0.717) is 61.4 Å². The number of rotatable bonds is 11. The lowest BCUT2D eigenvalue weighted by atomic mass is 9.88. The summed E-state index contributed by atoms with van der Waals surface area (Å²) in [6, 6.07) is 16.4. The molecule has 3 N–H and O–H groups in total. The van der Waals surface area contributed by atoms with E-state index < -0.39 is 31.8 Å². The molecule has 0 amide bonds. The van der Waals surface area contributed by atoms with E-state index in [1.165, 1.54) is 29.7 Å². The highest BCUT2D eigenvalue weighted by molar-refractivity contribution is 7.89. The van der Waals surface area contributed by atoms with Crippen LogP contribution < -0.4 is 14.8 Å². The molecule has 1 spiro atoms. The molecule has 2 saturated heterocycles. The Kier molecular flexibility index (Phi) is 9.66. The van der Waals surface area contributed by atoms with Gasteiger partial charge in [0, 0.05) is 49.7 Å². The van der Waals surface area contributed by atoms with Crippen molar-refractivity contribution < 1.29 is 31.4 Å². The monoisotopic (exact) mass is 641 g/mol. The van der Waals surface area contributed by atoms with Gasteiger partial charge in [0.15, 0.2) is 0 Å². The number of nitriles is 1. The number of ether oxygens (including phenoxy) is 2. The van der Waals surface area contributed by atoms with Gasteiger partial charge in [0.25, 0.3) is 0 Å². The molecule has 12 nitrogen and oxygen atoms in total. The van der Waals surface area contributed by atoms with E-state index in [2.05, 4.69) is 21.1 Å². The van der Waals surface area contributed by atoms with Crippen LogP contribution in [-0.2, 0) is 24.8 Å². The minimum absolute atomic E-state index is 0.00799. The maximum atomic E-state index is 13.5. The Morgan fingerprint density at radius 3 is 2.59 bits per heavy atom. The molecular formula is C30H35N5O7S2. The van der Waals surface area contributed by atoms with E-state index in [0.717, 1.165) is 0 Å². The van der Waals surface area contributed by atoms with Crippen LogP contribution in [0.3, 0.4) is 0 Å². The van der Waals surface area contributed by atoms with Crippen molar-refractivity contribution in [2.45, 2.75) is 46.8 Å². The molecule has 44 heavy (non-hydrogen) atoms. The first-order valence-electron chi connectivity index (χ1n) is 14.2. The van der Waals surface area contributed by atoms with Gasteiger partial charge in [-0.15, -0.1) is 0 Å². The fraction of sp³-hybridized carbons (Fsp3) is 0.400. The molecule has 0 saturated carbocycles. The highest BCUT2D eigenvalue weighted by atomic mass is 32.2. The van der Waals surface area contributed by atoms with Crippen molar-refractivity contribution in [2.75, 3.05) is 39.9 Å². The molecule has 0 bridgehead atoms. The topological polar surface area (TPSA) is 171 Å². The van der Waals surface area contributed by atoms with Crippen LogP contribution in [0.5, 0.6) is 5.75 Å². The van der Waals surface area contributed by atoms with Crippen molar-refractivity contribution in [3.8, 4) is 22.9 Å². The van der Waals surface area contributed by atoms with E-state index in [1.807, 2.05) is 0 Å². The summed E-state index contributed by atoms with van der Waals surface area (Å²) in [7, 11) is -6.01. The summed E-state index contributed by atoms with van der Waals surface area (Å²) in [5.74, 6) is 0.335. The maximum Gasteiger partial charge on any atom is 0.243 e. The van der Waals surface area contributed by atoms with Gasteiger partial charge in [0.05, 0.1) is 27.6 Å². The minimum atomic E-state index is -3.74. The molecule has 1 aromatic heterocycles. The molecule has 3 aromatic rings. The minimum Gasteiger partial charge on any atom is -0.491 e. The van der Waals surface area contributed by atoms with Gasteiger partial charge in [-0.1, -0.05) is 18.2 Å². The second-order valence-electron chi connectivity index (χ2n) is 11.0. The zero-order valence-electron chi connectivity index (χ0n) is 24.2. The van der Waals surface area contributed by atoms with Crippen LogP contribution in [0.1, 0.15) is 24.8 Å². The summed E-state index contributed by atoms with van der Waals surface area (Å²) < 4.78 is 66.6. The van der Waals surface area contributed by atoms with Crippen LogP contribution in [0, 0.1) is 11.3 Å². The molecule has 0 aliphatic carbocycles. The van der Waals surface area contributed by atoms with Gasteiger partial charge in [-0.05, 0) is 62.2 Å². The van der Waals surface area contributed by atoms with Crippen LogP contribution in [0.4, 0.5) is 0 Å². The lowest BCUT2D eigenvalue weighted by Gasteiger charge is -2.38. The average Bonchev–Trinajstić information content (AvgIpc) is 3.45. The van der Waals surface area contributed by atoms with Gasteiger partial charge >= 0.3 is 0 Å². The highest BCUT2D eigenvalue weighted by Gasteiger charge is 2.44. The molecule has 2 atom stereocenters. The lowest BCUT2D eigenvalue weighted by molar-refractivity contribution is -0.0312. The Labute approximate surface area is 257 Å². The number of benzene rings is 2. The van der Waals surface area contributed by atoms with Crippen molar-refractivity contribution in [3.63, 3.8) is 0 Å². The number of nitrogens with one attached hydrogen (secondary N) is 2. The summed E-state index contributed by atoms with van der Waals surface area (Å²) in [6.07, 6.45) is 4.02. The standard InChI is InChI=1S/C30H35N5O7S2/c1-32-43(37,38)28-6-3-5-27(14-28)41-21-26(36)19-34-25-15-30(42-20-25)8-10-35(11-9-30)44(39,40)29-7-2-4-23(13-29)24-12-22(16-31)17-33-18-24/h2-7,12-14,17-18,25-26,32,34,36H,8-11,15,19-21H2,1H3. The van der Waals surface area contributed by atoms with Crippen LogP contribution in [0.15, 0.2) is 76.8 Å². The van der Waals surface area contributed by atoms with E-state index >= 15 is 0 Å². The molecule has 2 aromatic carbocycles. The smallest absolute Gasteiger partial charge is 0.243 e. The van der Waals surface area contributed by atoms with E-state index in [4.69, 9.17) is 9.47 Å². The second-order valence-corrected chi connectivity index (χ2v) is 14.8. The summed E-state index contributed by atoms with van der Waals surface area (Å²) in [5, 5.41) is 22.9. The van der Waals surface area contributed by atoms with Crippen LogP contribution in [-0.4, -0.2) is 88.9 Å². The van der Waals surface area contributed by atoms with Gasteiger partial charge in [-0.25, -0.2) is 21.6 Å². The lowest BCUT2D eigenvalue weighted by Crippen LogP contribution is -2.47. The molecule has 2 aliphatic rings. The summed E-state index contributed by atoms with van der Waals surface area (Å²) >= 11 is 0. The van der Waals surface area contributed by atoms with Crippen LogP contribution >= 0.6 is 0 Å². The predicted octanol–water partition coefficient (Wildman–Crippen LogP) is 1.87. The van der Waals surface area contributed by atoms with Crippen LogP contribution in [0.25, 0.3) is 11.1 Å². The highest BCUT2D eigenvalue weighted by Crippen LogP contribution is 2.37. The Morgan fingerprint density at radius 1 is 1.09 bits per heavy atom. The van der Waals surface area contributed by atoms with Gasteiger partial charge in [-0.3, -0.25) is 4.98 Å². The van der Waals surface area contributed by atoms with Crippen molar-refractivity contribution >= 4 is 20.0 Å². The molecule has 14 heteroatoms. The fourth-order valence-corrected chi connectivity index (χ4v) is 7.76. The maximum absolute atomic E-state index is 13.5. The number of aliphatic hydroxyl groups excluding tert-OH is 1. The first-order chi connectivity index (χ1) is 21.0. The summed E-state index contributed by atoms with van der Waals surface area (Å²) in [6.45, 7) is 1.32. The number of piperidine rings is 1. The van der Waals surface area contributed by atoms with Gasteiger partial charge < -0.3 is 19.9 Å². The third kappa shape index (κ3) is 7.27. The second kappa shape index (κ2) is 13.3. The van der Waals surface area contributed by atoms with Gasteiger partial charge in [0.1, 0.15) is 24.5 Å². The van der Waals surface area contributed by atoms with Crippen molar-refractivity contribution in [2.24, 2.45) is 0 Å². The normalized spacial score (nSPS) is 19.4. The number of sulfonamides is 2. The van der Waals surface area contributed by atoms with E-state index in [-0.39, 0.29) is 29.0 Å². The number of pyridine rings is 1. The molecule has 2 aliphatic heterocycles.